The van der Waals surface area contributed by atoms with Crippen LogP contribution in [0.1, 0.15) is 49.5 Å². The Morgan fingerprint density at radius 1 is 1.53 bits per heavy atom. The molecule has 1 aliphatic carbocycles. The van der Waals surface area contributed by atoms with Crippen molar-refractivity contribution in [2.45, 2.75) is 45.1 Å². The zero-order chi connectivity index (χ0) is 12.3. The number of nitrogens with one attached hydrogen (secondary N) is 2. The van der Waals surface area contributed by atoms with Crippen LogP contribution in [-0.4, -0.2) is 22.1 Å². The van der Waals surface area contributed by atoms with Crippen molar-refractivity contribution in [1.82, 2.24) is 15.5 Å². The van der Waals surface area contributed by atoms with Crippen molar-refractivity contribution >= 4 is 11.7 Å². The number of hydrogen-bond acceptors (Lipinski definition) is 3. The van der Waals surface area contributed by atoms with Crippen LogP contribution < -0.4 is 11.1 Å². The van der Waals surface area contributed by atoms with Crippen LogP contribution >= 0.6 is 0 Å². The predicted octanol–water partition coefficient (Wildman–Crippen LogP) is 1.69. The highest BCUT2D eigenvalue weighted by Gasteiger charge is 2.22. The molecule has 94 valence electrons. The van der Waals surface area contributed by atoms with Crippen LogP contribution in [0.25, 0.3) is 0 Å². The molecule has 0 spiro atoms. The minimum atomic E-state index is -0.103. The van der Waals surface area contributed by atoms with E-state index in [0.717, 1.165) is 18.8 Å². The number of nitrogen functional groups attached to an aromatic ring is 1. The molecule has 1 aromatic heterocycles. The second-order valence-corrected chi connectivity index (χ2v) is 4.81. The third-order valence-electron chi connectivity index (χ3n) is 3.60. The number of carbonyl (C=O) groups excluding carboxylic acids is 1. The van der Waals surface area contributed by atoms with Crippen molar-refractivity contribution in [3.8, 4) is 0 Å². The Balaban J connectivity index is 1.84. The molecule has 1 amide bonds. The minimum Gasteiger partial charge on any atom is -0.382 e. The van der Waals surface area contributed by atoms with Crippen LogP contribution in [0.5, 0.6) is 0 Å². The Labute approximate surface area is 101 Å². The third-order valence-corrected chi connectivity index (χ3v) is 3.60. The first-order valence-corrected chi connectivity index (χ1v) is 6.30. The van der Waals surface area contributed by atoms with E-state index in [1.54, 1.807) is 6.07 Å². The summed E-state index contributed by atoms with van der Waals surface area (Å²) in [7, 11) is 0. The Bertz CT molecular complexity index is 380. The fraction of sp³-hybridized carbons (Fsp3) is 0.667. The van der Waals surface area contributed by atoms with Gasteiger partial charge in [-0.25, -0.2) is 0 Å². The summed E-state index contributed by atoms with van der Waals surface area (Å²) in [6.07, 6.45) is 5.83. The summed E-state index contributed by atoms with van der Waals surface area (Å²) >= 11 is 0. The molecule has 1 aliphatic rings. The monoisotopic (exact) mass is 236 g/mol. The molecule has 1 saturated carbocycles. The first-order chi connectivity index (χ1) is 8.19. The van der Waals surface area contributed by atoms with Gasteiger partial charge in [-0.05, 0) is 31.6 Å². The van der Waals surface area contributed by atoms with Gasteiger partial charge in [0.2, 0.25) is 0 Å². The van der Waals surface area contributed by atoms with Crippen molar-refractivity contribution < 1.29 is 4.79 Å². The quantitative estimate of drug-likeness (QED) is 0.746. The number of amides is 1. The van der Waals surface area contributed by atoms with Crippen LogP contribution in [0.15, 0.2) is 6.07 Å². The zero-order valence-corrected chi connectivity index (χ0v) is 10.2. The molecule has 5 heteroatoms. The normalized spacial score (nSPS) is 24.5. The molecular formula is C12H20N4O. The van der Waals surface area contributed by atoms with Gasteiger partial charge in [-0.2, -0.15) is 5.10 Å². The van der Waals surface area contributed by atoms with Crippen molar-refractivity contribution in [3.63, 3.8) is 0 Å². The van der Waals surface area contributed by atoms with E-state index in [2.05, 4.69) is 22.4 Å². The van der Waals surface area contributed by atoms with E-state index in [-0.39, 0.29) is 5.91 Å². The number of rotatable bonds is 3. The summed E-state index contributed by atoms with van der Waals surface area (Å²) in [5.74, 6) is 1.09. The average molecular weight is 236 g/mol. The number of H-pyrrole nitrogens is 1. The van der Waals surface area contributed by atoms with Gasteiger partial charge in [0.15, 0.2) is 0 Å². The zero-order valence-electron chi connectivity index (χ0n) is 10.2. The van der Waals surface area contributed by atoms with Gasteiger partial charge in [-0.15, -0.1) is 0 Å². The molecule has 2 rings (SSSR count). The van der Waals surface area contributed by atoms with Gasteiger partial charge in [0.05, 0.1) is 0 Å². The molecule has 1 fully saturated rings. The van der Waals surface area contributed by atoms with Crippen molar-refractivity contribution in [2.75, 3.05) is 5.73 Å². The van der Waals surface area contributed by atoms with E-state index in [1.807, 2.05) is 0 Å². The summed E-state index contributed by atoms with van der Waals surface area (Å²) in [5, 5.41) is 9.40. The fourth-order valence-corrected chi connectivity index (χ4v) is 2.43. The van der Waals surface area contributed by atoms with Crippen molar-refractivity contribution in [3.05, 3.63) is 11.8 Å². The highest BCUT2D eigenvalue weighted by molar-refractivity contribution is 5.93. The average Bonchev–Trinajstić information content (AvgIpc) is 2.77. The molecule has 1 heterocycles. The lowest BCUT2D eigenvalue weighted by atomic mass is 9.84. The number of aromatic nitrogens is 2. The van der Waals surface area contributed by atoms with Crippen LogP contribution in [0.4, 0.5) is 5.82 Å². The van der Waals surface area contributed by atoms with Gasteiger partial charge in [0, 0.05) is 12.1 Å². The summed E-state index contributed by atoms with van der Waals surface area (Å²) < 4.78 is 0. The second-order valence-electron chi connectivity index (χ2n) is 4.81. The molecule has 1 aromatic rings. The maximum Gasteiger partial charge on any atom is 0.269 e. The van der Waals surface area contributed by atoms with Gasteiger partial charge in [0.25, 0.3) is 5.91 Å². The van der Waals surface area contributed by atoms with E-state index in [1.165, 1.54) is 19.3 Å². The van der Waals surface area contributed by atoms with Crippen LogP contribution in [0, 0.1) is 5.92 Å². The number of nitrogens with zero attached hydrogens (tertiary/aromatic N) is 1. The SMILES string of the molecule is CCC1CCC(NC(=O)c2cc(N)n[nH]2)CC1. The van der Waals surface area contributed by atoms with Gasteiger partial charge < -0.3 is 11.1 Å². The third kappa shape index (κ3) is 2.99. The summed E-state index contributed by atoms with van der Waals surface area (Å²) in [6, 6.07) is 1.86. The van der Waals surface area contributed by atoms with E-state index in [4.69, 9.17) is 5.73 Å². The Kier molecular flexibility index (Phi) is 3.66. The maximum atomic E-state index is 11.8. The standard InChI is InChI=1S/C12H20N4O/c1-2-8-3-5-9(6-4-8)14-12(17)10-7-11(13)16-15-10/h7-9H,2-6H2,1H3,(H,14,17)(H3,13,15,16). The van der Waals surface area contributed by atoms with E-state index in [9.17, 15) is 4.79 Å². The van der Waals surface area contributed by atoms with Gasteiger partial charge in [-0.1, -0.05) is 13.3 Å². The molecule has 0 saturated heterocycles. The topological polar surface area (TPSA) is 83.8 Å². The lowest BCUT2D eigenvalue weighted by Crippen LogP contribution is -2.37. The number of carbonyl (C=O) groups is 1. The molecule has 0 aliphatic heterocycles. The molecule has 4 N–H and O–H groups in total. The first kappa shape index (κ1) is 12.0. The van der Waals surface area contributed by atoms with Gasteiger partial charge >= 0.3 is 0 Å². The highest BCUT2D eigenvalue weighted by atomic mass is 16.2. The van der Waals surface area contributed by atoms with Gasteiger partial charge in [-0.3, -0.25) is 9.89 Å². The van der Waals surface area contributed by atoms with Crippen molar-refractivity contribution in [2.24, 2.45) is 5.92 Å². The van der Waals surface area contributed by atoms with E-state index in [0.29, 0.717) is 17.6 Å². The van der Waals surface area contributed by atoms with Crippen LogP contribution in [0.3, 0.4) is 0 Å². The molecule has 0 unspecified atom stereocenters. The van der Waals surface area contributed by atoms with Crippen LogP contribution in [-0.2, 0) is 0 Å². The lowest BCUT2D eigenvalue weighted by Gasteiger charge is -2.28. The molecule has 0 atom stereocenters. The Hall–Kier alpha value is -1.52. The Morgan fingerprint density at radius 2 is 2.24 bits per heavy atom. The molecule has 17 heavy (non-hydrogen) atoms. The summed E-state index contributed by atoms with van der Waals surface area (Å²) in [6.45, 7) is 2.23. The Morgan fingerprint density at radius 3 is 2.76 bits per heavy atom. The highest BCUT2D eigenvalue weighted by Crippen LogP contribution is 2.26. The van der Waals surface area contributed by atoms with E-state index >= 15 is 0 Å². The molecule has 0 bridgehead atoms. The maximum absolute atomic E-state index is 11.8. The number of anilines is 1. The molecular weight excluding hydrogens is 216 g/mol. The number of hydrogen-bond donors (Lipinski definition) is 3. The predicted molar refractivity (Wildman–Crippen MR) is 66.5 cm³/mol. The largest absolute Gasteiger partial charge is 0.382 e. The second kappa shape index (κ2) is 5.21. The lowest BCUT2D eigenvalue weighted by molar-refractivity contribution is 0.0916. The smallest absolute Gasteiger partial charge is 0.269 e. The molecule has 5 nitrogen and oxygen atoms in total. The first-order valence-electron chi connectivity index (χ1n) is 6.30. The summed E-state index contributed by atoms with van der Waals surface area (Å²) in [5.41, 5.74) is 5.91. The molecule has 0 radical (unpaired) electrons. The van der Waals surface area contributed by atoms with Crippen LogP contribution in [0.2, 0.25) is 0 Å². The number of nitrogens with two attached hydrogens (primary N) is 1. The van der Waals surface area contributed by atoms with E-state index < -0.39 is 0 Å². The summed E-state index contributed by atoms with van der Waals surface area (Å²) in [4.78, 5) is 11.8. The minimum absolute atomic E-state index is 0.103. The van der Waals surface area contributed by atoms with Crippen molar-refractivity contribution in [1.29, 1.82) is 0 Å². The molecule has 0 aromatic carbocycles. The number of aromatic amines is 1. The van der Waals surface area contributed by atoms with Gasteiger partial charge in [0.1, 0.15) is 11.5 Å². The fourth-order valence-electron chi connectivity index (χ4n) is 2.43.